The molecule has 0 saturated heterocycles. The number of aryl methyl sites for hydroxylation is 1. The summed E-state index contributed by atoms with van der Waals surface area (Å²) >= 11 is 0. The minimum Gasteiger partial charge on any atom is -0.478 e. The molecule has 0 aliphatic carbocycles. The van der Waals surface area contributed by atoms with Gasteiger partial charge in [0.15, 0.2) is 11.5 Å². The molecule has 1 aromatic carbocycles. The molecule has 21 heavy (non-hydrogen) atoms. The van der Waals surface area contributed by atoms with Gasteiger partial charge in [-0.2, -0.15) is 5.26 Å². The molecule has 0 unspecified atom stereocenters. The van der Waals surface area contributed by atoms with Gasteiger partial charge in [0, 0.05) is 11.8 Å². The van der Waals surface area contributed by atoms with Gasteiger partial charge in [0.25, 0.3) is 0 Å². The first-order valence-corrected chi connectivity index (χ1v) is 6.19. The second-order valence-corrected chi connectivity index (χ2v) is 4.52. The number of carbonyl (C=O) groups is 1. The van der Waals surface area contributed by atoms with E-state index < -0.39 is 5.97 Å². The number of aromatic carboxylic acids is 1. The van der Waals surface area contributed by atoms with Crippen molar-refractivity contribution in [3.05, 3.63) is 53.5 Å². The smallest absolute Gasteiger partial charge is 0.339 e. The first-order valence-electron chi connectivity index (χ1n) is 6.19. The monoisotopic (exact) mass is 278 g/mol. The average molecular weight is 278 g/mol. The van der Waals surface area contributed by atoms with Crippen LogP contribution in [0.5, 0.6) is 0 Å². The molecule has 3 rings (SSSR count). The fraction of sp³-hybridized carbons (Fsp3) is 0.0667. The highest BCUT2D eigenvalue weighted by atomic mass is 16.4. The number of carboxylic acids is 1. The Balaban J connectivity index is 2.26. The van der Waals surface area contributed by atoms with Crippen molar-refractivity contribution in [2.75, 3.05) is 0 Å². The van der Waals surface area contributed by atoms with Crippen molar-refractivity contribution in [3.8, 4) is 17.5 Å². The van der Waals surface area contributed by atoms with Crippen LogP contribution in [0.25, 0.3) is 17.0 Å². The number of benzene rings is 1. The average Bonchev–Trinajstić information content (AvgIpc) is 2.92. The molecule has 6 heteroatoms. The molecule has 2 aromatic heterocycles. The summed E-state index contributed by atoms with van der Waals surface area (Å²) in [6.07, 6.45) is 1.63. The Morgan fingerprint density at radius 1 is 1.33 bits per heavy atom. The molecule has 0 fully saturated rings. The molecule has 0 bridgehead atoms. The Hall–Kier alpha value is -3.20. The van der Waals surface area contributed by atoms with E-state index in [1.54, 1.807) is 41.8 Å². The number of aromatic nitrogens is 3. The van der Waals surface area contributed by atoms with Crippen LogP contribution in [-0.4, -0.2) is 25.4 Å². The van der Waals surface area contributed by atoms with Crippen LogP contribution in [0.3, 0.4) is 0 Å². The summed E-state index contributed by atoms with van der Waals surface area (Å²) in [7, 11) is 0. The number of hydrogen-bond acceptors (Lipinski definition) is 4. The Morgan fingerprint density at radius 3 is 2.86 bits per heavy atom. The Bertz CT molecular complexity index is 906. The maximum absolute atomic E-state index is 11.2. The maximum Gasteiger partial charge on any atom is 0.339 e. The van der Waals surface area contributed by atoms with Gasteiger partial charge < -0.3 is 5.11 Å². The van der Waals surface area contributed by atoms with E-state index in [4.69, 9.17) is 5.26 Å². The summed E-state index contributed by atoms with van der Waals surface area (Å²) in [6, 6.07) is 10.4. The molecule has 0 aliphatic rings. The lowest BCUT2D eigenvalue weighted by molar-refractivity contribution is 0.0699. The van der Waals surface area contributed by atoms with E-state index in [1.165, 1.54) is 6.07 Å². The minimum atomic E-state index is -1.03. The van der Waals surface area contributed by atoms with Gasteiger partial charge in [-0.1, -0.05) is 12.1 Å². The van der Waals surface area contributed by atoms with Crippen molar-refractivity contribution in [1.82, 2.24) is 14.4 Å². The van der Waals surface area contributed by atoms with Crippen LogP contribution >= 0.6 is 0 Å². The Morgan fingerprint density at radius 2 is 2.14 bits per heavy atom. The molecule has 0 aliphatic heterocycles. The number of carboxylic acid groups (broad SMARTS) is 1. The minimum absolute atomic E-state index is 0.123. The van der Waals surface area contributed by atoms with E-state index in [2.05, 4.69) is 16.0 Å². The van der Waals surface area contributed by atoms with Gasteiger partial charge in [0.2, 0.25) is 0 Å². The zero-order chi connectivity index (χ0) is 15.0. The van der Waals surface area contributed by atoms with Crippen LogP contribution < -0.4 is 0 Å². The van der Waals surface area contributed by atoms with E-state index in [0.717, 1.165) is 0 Å². The van der Waals surface area contributed by atoms with Crippen molar-refractivity contribution < 1.29 is 9.90 Å². The third-order valence-electron chi connectivity index (χ3n) is 3.17. The number of fused-ring (bicyclic) bond motifs is 1. The van der Waals surface area contributed by atoms with Crippen molar-refractivity contribution in [3.63, 3.8) is 0 Å². The van der Waals surface area contributed by atoms with Crippen LogP contribution in [0.2, 0.25) is 0 Å². The SMILES string of the molecule is Cc1nc(-c2cccc(C#N)c2)nc2c(C(=O)O)ccn12. The quantitative estimate of drug-likeness (QED) is 0.776. The summed E-state index contributed by atoms with van der Waals surface area (Å²) in [6.45, 7) is 1.78. The number of nitriles is 1. The van der Waals surface area contributed by atoms with E-state index in [9.17, 15) is 9.90 Å². The number of hydrogen-bond donors (Lipinski definition) is 1. The number of nitrogens with zero attached hydrogens (tertiary/aromatic N) is 4. The summed E-state index contributed by atoms with van der Waals surface area (Å²) in [5.74, 6) is -0.00418. The first-order chi connectivity index (χ1) is 10.1. The summed E-state index contributed by atoms with van der Waals surface area (Å²) in [5.41, 5.74) is 1.64. The first kappa shape index (κ1) is 12.8. The fourth-order valence-electron chi connectivity index (χ4n) is 2.16. The molecule has 0 saturated carbocycles. The Labute approximate surface area is 119 Å². The predicted octanol–water partition coefficient (Wildman–Crippen LogP) is 2.27. The van der Waals surface area contributed by atoms with Gasteiger partial charge in [-0.25, -0.2) is 14.8 Å². The highest BCUT2D eigenvalue weighted by Crippen LogP contribution is 2.20. The van der Waals surface area contributed by atoms with E-state index in [1.807, 2.05) is 0 Å². The van der Waals surface area contributed by atoms with Crippen LogP contribution in [0, 0.1) is 18.3 Å². The number of rotatable bonds is 2. The van der Waals surface area contributed by atoms with Crippen LogP contribution in [0.4, 0.5) is 0 Å². The van der Waals surface area contributed by atoms with Crippen LogP contribution in [-0.2, 0) is 0 Å². The molecular formula is C15H10N4O2. The second kappa shape index (κ2) is 4.72. The summed E-state index contributed by atoms with van der Waals surface area (Å²) in [4.78, 5) is 19.9. The van der Waals surface area contributed by atoms with Gasteiger partial charge in [0.05, 0.1) is 11.6 Å². The van der Waals surface area contributed by atoms with Crippen LogP contribution in [0.15, 0.2) is 36.5 Å². The molecule has 1 N–H and O–H groups in total. The highest BCUT2D eigenvalue weighted by molar-refractivity contribution is 5.94. The molecule has 0 radical (unpaired) electrons. The van der Waals surface area contributed by atoms with Gasteiger partial charge in [-0.05, 0) is 25.1 Å². The topological polar surface area (TPSA) is 91.3 Å². The zero-order valence-electron chi connectivity index (χ0n) is 11.1. The molecular weight excluding hydrogens is 268 g/mol. The zero-order valence-corrected chi connectivity index (χ0v) is 11.1. The molecule has 0 atom stereocenters. The van der Waals surface area contributed by atoms with E-state index in [0.29, 0.717) is 28.4 Å². The third-order valence-corrected chi connectivity index (χ3v) is 3.17. The second-order valence-electron chi connectivity index (χ2n) is 4.52. The molecule has 0 amide bonds. The van der Waals surface area contributed by atoms with Gasteiger partial charge in [-0.3, -0.25) is 4.40 Å². The molecule has 0 spiro atoms. The van der Waals surface area contributed by atoms with Crippen molar-refractivity contribution in [1.29, 1.82) is 5.26 Å². The predicted molar refractivity (Wildman–Crippen MR) is 74.8 cm³/mol. The molecule has 2 heterocycles. The summed E-state index contributed by atoms with van der Waals surface area (Å²) < 4.78 is 1.63. The van der Waals surface area contributed by atoms with Crippen molar-refractivity contribution in [2.24, 2.45) is 0 Å². The van der Waals surface area contributed by atoms with Crippen molar-refractivity contribution >= 4 is 11.6 Å². The lowest BCUT2D eigenvalue weighted by Crippen LogP contribution is -2.03. The fourth-order valence-corrected chi connectivity index (χ4v) is 2.16. The lowest BCUT2D eigenvalue weighted by atomic mass is 10.1. The maximum atomic E-state index is 11.2. The molecule has 102 valence electrons. The standard InChI is InChI=1S/C15H10N4O2/c1-9-17-13(11-4-2-3-10(7-11)8-16)18-14-12(15(20)21)5-6-19(9)14/h2-7H,1H3,(H,20,21). The van der Waals surface area contributed by atoms with Crippen LogP contribution in [0.1, 0.15) is 21.7 Å². The van der Waals surface area contributed by atoms with Gasteiger partial charge in [-0.15, -0.1) is 0 Å². The summed E-state index contributed by atoms with van der Waals surface area (Å²) in [5, 5.41) is 18.1. The van der Waals surface area contributed by atoms with E-state index in [-0.39, 0.29) is 5.56 Å². The lowest BCUT2D eigenvalue weighted by Gasteiger charge is -2.05. The highest BCUT2D eigenvalue weighted by Gasteiger charge is 2.15. The van der Waals surface area contributed by atoms with E-state index >= 15 is 0 Å². The molecule has 3 aromatic rings. The van der Waals surface area contributed by atoms with Crippen molar-refractivity contribution in [2.45, 2.75) is 6.92 Å². The largest absolute Gasteiger partial charge is 0.478 e. The third kappa shape index (κ3) is 2.11. The molecule has 6 nitrogen and oxygen atoms in total. The van der Waals surface area contributed by atoms with Gasteiger partial charge >= 0.3 is 5.97 Å². The normalized spacial score (nSPS) is 10.5. The van der Waals surface area contributed by atoms with Gasteiger partial charge in [0.1, 0.15) is 11.4 Å². The Kier molecular flexibility index (Phi) is 2.88.